The summed E-state index contributed by atoms with van der Waals surface area (Å²) >= 11 is 6.22. The van der Waals surface area contributed by atoms with E-state index in [9.17, 15) is 13.2 Å². The fourth-order valence-corrected chi connectivity index (χ4v) is 4.77. The molecule has 34 heavy (non-hydrogen) atoms. The zero-order valence-corrected chi connectivity index (χ0v) is 20.5. The SMILES string of the molecule is COc1ccc(CCNC(=O)COc2ccc(S(=O)(=O)N[C@H](C)c3ccccc3)cc2Cl)cc1. The van der Waals surface area contributed by atoms with Crippen molar-refractivity contribution in [3.05, 3.63) is 88.9 Å². The smallest absolute Gasteiger partial charge is 0.257 e. The van der Waals surface area contributed by atoms with E-state index >= 15 is 0 Å². The third-order valence-corrected chi connectivity index (χ3v) is 6.93. The molecule has 3 aromatic rings. The molecule has 0 aliphatic heterocycles. The van der Waals surface area contributed by atoms with Crippen molar-refractivity contribution in [3.63, 3.8) is 0 Å². The van der Waals surface area contributed by atoms with E-state index in [1.807, 2.05) is 54.6 Å². The van der Waals surface area contributed by atoms with Crippen LogP contribution in [0.1, 0.15) is 24.1 Å². The van der Waals surface area contributed by atoms with Crippen LogP contribution < -0.4 is 19.5 Å². The van der Waals surface area contributed by atoms with Crippen LogP contribution in [0.4, 0.5) is 0 Å². The van der Waals surface area contributed by atoms with E-state index in [0.29, 0.717) is 13.0 Å². The quantitative estimate of drug-likeness (QED) is 0.411. The van der Waals surface area contributed by atoms with Gasteiger partial charge in [0.1, 0.15) is 11.5 Å². The van der Waals surface area contributed by atoms with Crippen molar-refractivity contribution >= 4 is 27.5 Å². The van der Waals surface area contributed by atoms with Crippen molar-refractivity contribution in [2.45, 2.75) is 24.3 Å². The van der Waals surface area contributed by atoms with Gasteiger partial charge in [0.25, 0.3) is 5.91 Å². The minimum atomic E-state index is -3.80. The molecule has 180 valence electrons. The van der Waals surface area contributed by atoms with Gasteiger partial charge in [0.05, 0.1) is 17.0 Å². The van der Waals surface area contributed by atoms with E-state index < -0.39 is 16.1 Å². The average molecular weight is 503 g/mol. The molecular formula is C25H27ClN2O5S. The van der Waals surface area contributed by atoms with E-state index in [4.69, 9.17) is 21.1 Å². The Kier molecular flexibility index (Phi) is 8.92. The first-order valence-corrected chi connectivity index (χ1v) is 12.5. The minimum absolute atomic E-state index is 0.0107. The van der Waals surface area contributed by atoms with Crippen molar-refractivity contribution in [2.75, 3.05) is 20.3 Å². The largest absolute Gasteiger partial charge is 0.497 e. The van der Waals surface area contributed by atoms with Gasteiger partial charge in [0.15, 0.2) is 6.61 Å². The number of carbonyl (C=O) groups is 1. The minimum Gasteiger partial charge on any atom is -0.497 e. The van der Waals surface area contributed by atoms with Gasteiger partial charge in [-0.1, -0.05) is 54.1 Å². The van der Waals surface area contributed by atoms with Crippen molar-refractivity contribution in [3.8, 4) is 11.5 Å². The van der Waals surface area contributed by atoms with Gasteiger partial charge in [-0.3, -0.25) is 4.79 Å². The Balaban J connectivity index is 1.50. The molecule has 0 aliphatic carbocycles. The van der Waals surface area contributed by atoms with Crippen LogP contribution in [0.3, 0.4) is 0 Å². The molecule has 1 amide bonds. The van der Waals surface area contributed by atoms with Crippen LogP contribution >= 0.6 is 11.6 Å². The molecule has 0 unspecified atom stereocenters. The number of benzene rings is 3. The molecule has 0 radical (unpaired) electrons. The first-order valence-electron chi connectivity index (χ1n) is 10.7. The molecule has 0 aliphatic rings. The number of halogens is 1. The summed E-state index contributed by atoms with van der Waals surface area (Å²) in [7, 11) is -2.19. The molecular weight excluding hydrogens is 476 g/mol. The Bertz CT molecular complexity index is 1200. The second-order valence-electron chi connectivity index (χ2n) is 7.58. The lowest BCUT2D eigenvalue weighted by Crippen LogP contribution is -2.30. The molecule has 0 heterocycles. The van der Waals surface area contributed by atoms with E-state index in [-0.39, 0.29) is 28.2 Å². The van der Waals surface area contributed by atoms with Crippen LogP contribution in [0, 0.1) is 0 Å². The predicted molar refractivity (Wildman–Crippen MR) is 132 cm³/mol. The predicted octanol–water partition coefficient (Wildman–Crippen LogP) is 4.13. The third kappa shape index (κ3) is 7.21. The Morgan fingerprint density at radius 2 is 1.74 bits per heavy atom. The Hall–Kier alpha value is -3.07. The summed E-state index contributed by atoms with van der Waals surface area (Å²) in [5.41, 5.74) is 1.91. The van der Waals surface area contributed by atoms with Crippen molar-refractivity contribution < 1.29 is 22.7 Å². The molecule has 9 heteroatoms. The maximum absolute atomic E-state index is 12.7. The van der Waals surface area contributed by atoms with Gasteiger partial charge < -0.3 is 14.8 Å². The van der Waals surface area contributed by atoms with Crippen molar-refractivity contribution in [2.24, 2.45) is 0 Å². The van der Waals surface area contributed by atoms with Crippen molar-refractivity contribution in [1.82, 2.24) is 10.0 Å². The highest BCUT2D eigenvalue weighted by molar-refractivity contribution is 7.89. The van der Waals surface area contributed by atoms with Crippen LogP contribution in [0.2, 0.25) is 5.02 Å². The number of carbonyl (C=O) groups excluding carboxylic acids is 1. The first-order chi connectivity index (χ1) is 16.3. The van der Waals surface area contributed by atoms with Gasteiger partial charge in [0.2, 0.25) is 10.0 Å². The van der Waals surface area contributed by atoms with Crippen LogP contribution in [-0.2, 0) is 21.2 Å². The molecule has 0 saturated heterocycles. The topological polar surface area (TPSA) is 93.7 Å². The zero-order chi connectivity index (χ0) is 24.6. The summed E-state index contributed by atoms with van der Waals surface area (Å²) in [5, 5.41) is 2.88. The van der Waals surface area contributed by atoms with E-state index in [0.717, 1.165) is 16.9 Å². The van der Waals surface area contributed by atoms with E-state index in [1.54, 1.807) is 14.0 Å². The summed E-state index contributed by atoms with van der Waals surface area (Å²) in [6, 6.07) is 20.6. The second kappa shape index (κ2) is 11.9. The molecule has 0 spiro atoms. The van der Waals surface area contributed by atoms with Gasteiger partial charge in [0, 0.05) is 12.6 Å². The summed E-state index contributed by atoms with van der Waals surface area (Å²) in [6.07, 6.45) is 0.664. The molecule has 2 N–H and O–H groups in total. The summed E-state index contributed by atoms with van der Waals surface area (Å²) in [6.45, 7) is 1.97. The van der Waals surface area contributed by atoms with Crippen LogP contribution in [0.5, 0.6) is 11.5 Å². The Morgan fingerprint density at radius 3 is 2.38 bits per heavy atom. The number of hydrogen-bond donors (Lipinski definition) is 2. The van der Waals surface area contributed by atoms with Crippen molar-refractivity contribution in [1.29, 1.82) is 0 Å². The number of methoxy groups -OCH3 is 1. The van der Waals surface area contributed by atoms with Gasteiger partial charge >= 0.3 is 0 Å². The standard InChI is InChI=1S/C25H27ClN2O5S/c1-18(20-6-4-3-5-7-20)28-34(30,31)22-12-13-24(23(26)16-22)33-17-25(29)27-15-14-19-8-10-21(32-2)11-9-19/h3-13,16,18,28H,14-15,17H2,1-2H3,(H,27,29)/t18-/m1/s1. The average Bonchev–Trinajstić information content (AvgIpc) is 2.84. The maximum Gasteiger partial charge on any atom is 0.257 e. The number of ether oxygens (including phenoxy) is 2. The molecule has 1 atom stereocenters. The first kappa shape index (κ1) is 25.6. The Morgan fingerprint density at radius 1 is 1.03 bits per heavy atom. The van der Waals surface area contributed by atoms with Gasteiger partial charge in [-0.25, -0.2) is 13.1 Å². The number of hydrogen-bond acceptors (Lipinski definition) is 5. The van der Waals surface area contributed by atoms with E-state index in [1.165, 1.54) is 18.2 Å². The Labute approximate surface area is 205 Å². The molecule has 0 aromatic heterocycles. The molecule has 0 bridgehead atoms. The summed E-state index contributed by atoms with van der Waals surface area (Å²) in [4.78, 5) is 12.1. The van der Waals surface area contributed by atoms with Crippen LogP contribution in [0.25, 0.3) is 0 Å². The fourth-order valence-electron chi connectivity index (χ4n) is 3.21. The molecule has 3 aromatic carbocycles. The summed E-state index contributed by atoms with van der Waals surface area (Å²) in [5.74, 6) is 0.694. The normalized spacial score (nSPS) is 12.1. The lowest BCUT2D eigenvalue weighted by atomic mass is 10.1. The maximum atomic E-state index is 12.7. The molecule has 7 nitrogen and oxygen atoms in total. The van der Waals surface area contributed by atoms with Crippen LogP contribution in [-0.4, -0.2) is 34.6 Å². The fraction of sp³-hybridized carbons (Fsp3) is 0.240. The third-order valence-electron chi connectivity index (χ3n) is 5.10. The highest BCUT2D eigenvalue weighted by Crippen LogP contribution is 2.28. The van der Waals surface area contributed by atoms with Gasteiger partial charge in [-0.15, -0.1) is 0 Å². The van der Waals surface area contributed by atoms with Crippen LogP contribution in [0.15, 0.2) is 77.7 Å². The molecule has 0 saturated carbocycles. The number of sulfonamides is 1. The second-order valence-corrected chi connectivity index (χ2v) is 9.70. The highest BCUT2D eigenvalue weighted by atomic mass is 35.5. The monoisotopic (exact) mass is 502 g/mol. The highest BCUT2D eigenvalue weighted by Gasteiger charge is 2.20. The van der Waals surface area contributed by atoms with Gasteiger partial charge in [-0.2, -0.15) is 0 Å². The zero-order valence-electron chi connectivity index (χ0n) is 19.0. The number of rotatable bonds is 11. The molecule has 3 rings (SSSR count). The summed E-state index contributed by atoms with van der Waals surface area (Å²) < 4.78 is 38.7. The number of nitrogens with one attached hydrogen (secondary N) is 2. The lowest BCUT2D eigenvalue weighted by Gasteiger charge is -2.15. The van der Waals surface area contributed by atoms with E-state index in [2.05, 4.69) is 10.0 Å². The molecule has 0 fully saturated rings. The lowest BCUT2D eigenvalue weighted by molar-refractivity contribution is -0.123. The van der Waals surface area contributed by atoms with Gasteiger partial charge in [-0.05, 0) is 54.8 Å². The number of amides is 1.